The van der Waals surface area contributed by atoms with Gasteiger partial charge in [-0.1, -0.05) is 13.8 Å². The maximum Gasteiger partial charge on any atom is 0.243 e. The Morgan fingerprint density at radius 1 is 1.12 bits per heavy atom. The first kappa shape index (κ1) is 12.8. The fourth-order valence-electron chi connectivity index (χ4n) is 1.38. The third-order valence-corrected chi connectivity index (χ3v) is 4.34. The lowest BCUT2D eigenvalue weighted by Gasteiger charge is -2.18. The minimum atomic E-state index is -3.58. The maximum atomic E-state index is 12.0. The summed E-state index contributed by atoms with van der Waals surface area (Å²) in [6.07, 6.45) is 0. The second kappa shape index (κ2) is 4.71. The van der Waals surface area contributed by atoms with Crippen molar-refractivity contribution in [1.29, 1.82) is 0 Å². The van der Waals surface area contributed by atoms with E-state index >= 15 is 0 Å². The third-order valence-electron chi connectivity index (χ3n) is 2.29. The highest BCUT2D eigenvalue weighted by Gasteiger charge is 2.22. The summed E-state index contributed by atoms with van der Waals surface area (Å²) in [5, 5.41) is 18.4. The van der Waals surface area contributed by atoms with Crippen molar-refractivity contribution in [1.82, 2.24) is 4.31 Å². The van der Waals surface area contributed by atoms with E-state index in [0.29, 0.717) is 13.1 Å². The smallest absolute Gasteiger partial charge is 0.243 e. The Morgan fingerprint density at radius 3 is 2.12 bits per heavy atom. The Labute approximate surface area is 95.0 Å². The van der Waals surface area contributed by atoms with Crippen molar-refractivity contribution in [3.8, 4) is 11.5 Å². The third kappa shape index (κ3) is 2.28. The Hall–Kier alpha value is -1.27. The zero-order chi connectivity index (χ0) is 12.3. The molecule has 0 saturated carbocycles. The zero-order valence-corrected chi connectivity index (χ0v) is 10.0. The first-order chi connectivity index (χ1) is 7.43. The van der Waals surface area contributed by atoms with Crippen LogP contribution in [0.4, 0.5) is 0 Å². The van der Waals surface area contributed by atoms with Crippen molar-refractivity contribution in [2.45, 2.75) is 18.7 Å². The monoisotopic (exact) mass is 245 g/mol. The molecule has 5 nitrogen and oxygen atoms in total. The lowest BCUT2D eigenvalue weighted by atomic mass is 10.3. The molecule has 0 atom stereocenters. The van der Waals surface area contributed by atoms with Crippen molar-refractivity contribution in [3.05, 3.63) is 18.2 Å². The van der Waals surface area contributed by atoms with Gasteiger partial charge in [0, 0.05) is 19.2 Å². The molecule has 0 aliphatic heterocycles. The lowest BCUT2D eigenvalue weighted by Crippen LogP contribution is -2.30. The van der Waals surface area contributed by atoms with Crippen LogP contribution in [0.1, 0.15) is 13.8 Å². The van der Waals surface area contributed by atoms with E-state index < -0.39 is 15.8 Å². The summed E-state index contributed by atoms with van der Waals surface area (Å²) in [5.74, 6) is -0.772. The van der Waals surface area contributed by atoms with Crippen molar-refractivity contribution < 1.29 is 18.6 Å². The van der Waals surface area contributed by atoms with Gasteiger partial charge < -0.3 is 10.2 Å². The predicted octanol–water partition coefficient (Wildman–Crippen LogP) is 1.13. The minimum Gasteiger partial charge on any atom is -0.504 e. The second-order valence-electron chi connectivity index (χ2n) is 3.24. The number of hydrogen-bond donors (Lipinski definition) is 2. The molecule has 0 fully saturated rings. The molecule has 16 heavy (non-hydrogen) atoms. The maximum absolute atomic E-state index is 12.0. The molecule has 0 saturated heterocycles. The van der Waals surface area contributed by atoms with Crippen LogP contribution in [-0.4, -0.2) is 36.0 Å². The summed E-state index contributed by atoms with van der Waals surface area (Å²) in [5.41, 5.74) is 0. The lowest BCUT2D eigenvalue weighted by molar-refractivity contribution is 0.401. The standard InChI is InChI=1S/C10H15NO4S/c1-3-11(4-2)16(14,15)8-5-6-9(12)10(13)7-8/h5-7,12-13H,3-4H2,1-2H3. The van der Waals surface area contributed by atoms with Gasteiger partial charge in [0.2, 0.25) is 10.0 Å². The molecule has 0 amide bonds. The SMILES string of the molecule is CCN(CC)S(=O)(=O)c1ccc(O)c(O)c1. The van der Waals surface area contributed by atoms with Crippen LogP contribution < -0.4 is 0 Å². The van der Waals surface area contributed by atoms with E-state index in [1.165, 1.54) is 10.4 Å². The molecule has 0 aromatic heterocycles. The molecular weight excluding hydrogens is 230 g/mol. The van der Waals surface area contributed by atoms with Gasteiger partial charge in [-0.3, -0.25) is 0 Å². The number of sulfonamides is 1. The number of rotatable bonds is 4. The van der Waals surface area contributed by atoms with E-state index in [2.05, 4.69) is 0 Å². The number of benzene rings is 1. The summed E-state index contributed by atoms with van der Waals surface area (Å²) in [4.78, 5) is -0.0218. The summed E-state index contributed by atoms with van der Waals surface area (Å²) in [6, 6.07) is 3.47. The van der Waals surface area contributed by atoms with E-state index in [1.807, 2.05) is 0 Å². The number of nitrogens with zero attached hydrogens (tertiary/aromatic N) is 1. The molecule has 2 N–H and O–H groups in total. The van der Waals surface area contributed by atoms with Gasteiger partial charge in [0.05, 0.1) is 4.90 Å². The average Bonchev–Trinajstić information content (AvgIpc) is 2.23. The van der Waals surface area contributed by atoms with Gasteiger partial charge >= 0.3 is 0 Å². The number of phenols is 2. The molecule has 0 heterocycles. The Balaban J connectivity index is 3.22. The van der Waals surface area contributed by atoms with Gasteiger partial charge in [0.15, 0.2) is 11.5 Å². The largest absolute Gasteiger partial charge is 0.504 e. The Morgan fingerprint density at radius 2 is 1.69 bits per heavy atom. The zero-order valence-electron chi connectivity index (χ0n) is 9.21. The molecule has 0 unspecified atom stereocenters. The van der Waals surface area contributed by atoms with Gasteiger partial charge in [-0.05, 0) is 12.1 Å². The highest BCUT2D eigenvalue weighted by molar-refractivity contribution is 7.89. The Kier molecular flexibility index (Phi) is 3.77. The summed E-state index contributed by atoms with van der Waals surface area (Å²) < 4.78 is 25.3. The molecular formula is C10H15NO4S. The van der Waals surface area contributed by atoms with Gasteiger partial charge in [0.1, 0.15) is 0 Å². The number of aromatic hydroxyl groups is 2. The molecule has 0 spiro atoms. The Bertz CT molecular complexity index is 466. The molecule has 1 rings (SSSR count). The summed E-state index contributed by atoms with van der Waals surface area (Å²) >= 11 is 0. The fraction of sp³-hybridized carbons (Fsp3) is 0.400. The van der Waals surface area contributed by atoms with Gasteiger partial charge in [0.25, 0.3) is 0 Å². The van der Waals surface area contributed by atoms with E-state index in [9.17, 15) is 13.5 Å². The molecule has 0 aliphatic carbocycles. The molecule has 6 heteroatoms. The highest BCUT2D eigenvalue weighted by atomic mass is 32.2. The van der Waals surface area contributed by atoms with Crippen molar-refractivity contribution in [3.63, 3.8) is 0 Å². The highest BCUT2D eigenvalue weighted by Crippen LogP contribution is 2.28. The molecule has 0 aliphatic rings. The molecule has 1 aromatic carbocycles. The number of phenolic OH excluding ortho intramolecular Hbond substituents is 2. The minimum absolute atomic E-state index is 0.0218. The van der Waals surface area contributed by atoms with Crippen LogP contribution >= 0.6 is 0 Å². The molecule has 0 radical (unpaired) electrons. The summed E-state index contributed by atoms with van der Waals surface area (Å²) in [6.45, 7) is 4.20. The van der Waals surface area contributed by atoms with Crippen LogP contribution in [-0.2, 0) is 10.0 Å². The van der Waals surface area contributed by atoms with Crippen LogP contribution in [0.25, 0.3) is 0 Å². The van der Waals surface area contributed by atoms with Crippen molar-refractivity contribution in [2.75, 3.05) is 13.1 Å². The van der Waals surface area contributed by atoms with E-state index in [4.69, 9.17) is 5.11 Å². The van der Waals surface area contributed by atoms with Crippen LogP contribution in [0.15, 0.2) is 23.1 Å². The molecule has 1 aromatic rings. The van der Waals surface area contributed by atoms with Gasteiger partial charge in [-0.15, -0.1) is 0 Å². The summed E-state index contributed by atoms with van der Waals surface area (Å²) in [7, 11) is -3.58. The first-order valence-electron chi connectivity index (χ1n) is 4.95. The van der Waals surface area contributed by atoms with Crippen LogP contribution in [0.2, 0.25) is 0 Å². The van der Waals surface area contributed by atoms with Crippen LogP contribution in [0.5, 0.6) is 11.5 Å². The molecule has 90 valence electrons. The van der Waals surface area contributed by atoms with E-state index in [0.717, 1.165) is 12.1 Å². The fourth-order valence-corrected chi connectivity index (χ4v) is 2.85. The van der Waals surface area contributed by atoms with Crippen molar-refractivity contribution in [2.24, 2.45) is 0 Å². The van der Waals surface area contributed by atoms with Crippen molar-refractivity contribution >= 4 is 10.0 Å². The normalized spacial score (nSPS) is 11.9. The van der Waals surface area contributed by atoms with E-state index in [-0.39, 0.29) is 10.6 Å². The van der Waals surface area contributed by atoms with Crippen LogP contribution in [0.3, 0.4) is 0 Å². The predicted molar refractivity (Wildman–Crippen MR) is 59.9 cm³/mol. The molecule has 0 bridgehead atoms. The van der Waals surface area contributed by atoms with Gasteiger partial charge in [-0.2, -0.15) is 4.31 Å². The van der Waals surface area contributed by atoms with Crippen LogP contribution in [0, 0.1) is 0 Å². The van der Waals surface area contributed by atoms with E-state index in [1.54, 1.807) is 13.8 Å². The topological polar surface area (TPSA) is 77.8 Å². The van der Waals surface area contributed by atoms with Gasteiger partial charge in [-0.25, -0.2) is 8.42 Å². The average molecular weight is 245 g/mol. The second-order valence-corrected chi connectivity index (χ2v) is 5.18. The number of hydrogen-bond acceptors (Lipinski definition) is 4. The first-order valence-corrected chi connectivity index (χ1v) is 6.39. The quantitative estimate of drug-likeness (QED) is 0.779.